The first-order chi connectivity index (χ1) is 4.38. The van der Waals surface area contributed by atoms with Gasteiger partial charge in [-0.15, -0.1) is 0 Å². The van der Waals surface area contributed by atoms with Crippen molar-refractivity contribution in [3.05, 3.63) is 30.1 Å². The van der Waals surface area contributed by atoms with E-state index in [0.717, 1.165) is 0 Å². The van der Waals surface area contributed by atoms with Gasteiger partial charge in [-0.2, -0.15) is 0 Å². The summed E-state index contributed by atoms with van der Waals surface area (Å²) in [5.74, 6) is 0. The van der Waals surface area contributed by atoms with Crippen LogP contribution in [-0.2, 0) is 0 Å². The molecule has 1 aromatic rings. The third kappa shape index (κ3) is 0.535. The van der Waals surface area contributed by atoms with Crippen molar-refractivity contribution in [2.45, 2.75) is 6.17 Å². The molecular formula is C7H8N2. The van der Waals surface area contributed by atoms with Crippen molar-refractivity contribution in [2.75, 3.05) is 0 Å². The second-order valence-corrected chi connectivity index (χ2v) is 2.19. The minimum atomic E-state index is 0.0648. The van der Waals surface area contributed by atoms with E-state index in [0.29, 0.717) is 0 Å². The van der Waals surface area contributed by atoms with Crippen LogP contribution in [0.4, 0.5) is 0 Å². The molecule has 46 valence electrons. The Balaban J connectivity index is 2.60. The van der Waals surface area contributed by atoms with Gasteiger partial charge in [0.1, 0.15) is 6.17 Å². The van der Waals surface area contributed by atoms with Crippen molar-refractivity contribution >= 4 is 6.08 Å². The molecule has 1 unspecified atom stereocenters. The Kier molecular flexibility index (Phi) is 0.794. The lowest BCUT2D eigenvalue weighted by molar-refractivity contribution is 0.650. The summed E-state index contributed by atoms with van der Waals surface area (Å²) >= 11 is 0. The predicted octanol–water partition coefficient (Wildman–Crippen LogP) is 0.972. The van der Waals surface area contributed by atoms with Gasteiger partial charge in [0, 0.05) is 11.9 Å². The number of aromatic nitrogens is 1. The monoisotopic (exact) mass is 120 g/mol. The molecule has 1 aliphatic rings. The van der Waals surface area contributed by atoms with Crippen molar-refractivity contribution in [1.82, 2.24) is 4.57 Å². The fraction of sp³-hybridized carbons (Fsp3) is 0.143. The second kappa shape index (κ2) is 1.48. The topological polar surface area (TPSA) is 30.9 Å². The van der Waals surface area contributed by atoms with E-state index < -0.39 is 0 Å². The summed E-state index contributed by atoms with van der Waals surface area (Å²) in [5, 5.41) is 0. The summed E-state index contributed by atoms with van der Waals surface area (Å²) in [4.78, 5) is 0. The Hall–Kier alpha value is -1.02. The molecule has 0 bridgehead atoms. The van der Waals surface area contributed by atoms with Gasteiger partial charge in [-0.1, -0.05) is 0 Å². The number of rotatable bonds is 0. The molecule has 0 spiro atoms. The van der Waals surface area contributed by atoms with Crippen LogP contribution in [0.25, 0.3) is 6.08 Å². The molecule has 9 heavy (non-hydrogen) atoms. The molecule has 1 aliphatic heterocycles. The van der Waals surface area contributed by atoms with Gasteiger partial charge in [-0.3, -0.25) is 0 Å². The van der Waals surface area contributed by atoms with Gasteiger partial charge < -0.3 is 10.3 Å². The molecule has 0 saturated heterocycles. The quantitative estimate of drug-likeness (QED) is 0.543. The van der Waals surface area contributed by atoms with Crippen molar-refractivity contribution in [2.24, 2.45) is 5.73 Å². The van der Waals surface area contributed by atoms with E-state index in [-0.39, 0.29) is 6.17 Å². The fourth-order valence-electron chi connectivity index (χ4n) is 1.11. The van der Waals surface area contributed by atoms with E-state index in [9.17, 15) is 0 Å². The number of nitrogens with zero attached hydrogens (tertiary/aromatic N) is 1. The largest absolute Gasteiger partial charge is 0.329 e. The van der Waals surface area contributed by atoms with E-state index >= 15 is 0 Å². The molecule has 0 aliphatic carbocycles. The average Bonchev–Trinajstić information content (AvgIpc) is 2.35. The number of hydrogen-bond acceptors (Lipinski definition) is 1. The molecule has 1 aromatic heterocycles. The maximum atomic E-state index is 5.67. The van der Waals surface area contributed by atoms with Gasteiger partial charge in [0.25, 0.3) is 0 Å². The number of nitrogens with two attached hydrogens (primary N) is 1. The van der Waals surface area contributed by atoms with Gasteiger partial charge in [0.05, 0.1) is 0 Å². The van der Waals surface area contributed by atoms with E-state index in [1.807, 2.05) is 35.0 Å². The highest BCUT2D eigenvalue weighted by Crippen LogP contribution is 2.17. The van der Waals surface area contributed by atoms with Gasteiger partial charge in [0.15, 0.2) is 0 Å². The Labute approximate surface area is 53.6 Å². The van der Waals surface area contributed by atoms with Crippen LogP contribution in [0.15, 0.2) is 24.4 Å². The first-order valence-corrected chi connectivity index (χ1v) is 2.98. The minimum absolute atomic E-state index is 0.0648. The third-order valence-corrected chi connectivity index (χ3v) is 1.60. The molecule has 2 heterocycles. The van der Waals surface area contributed by atoms with E-state index in [1.165, 1.54) is 5.69 Å². The highest BCUT2D eigenvalue weighted by atomic mass is 15.1. The zero-order valence-electron chi connectivity index (χ0n) is 4.99. The Morgan fingerprint density at radius 1 is 1.56 bits per heavy atom. The molecule has 0 aromatic carbocycles. The number of hydrogen-bond donors (Lipinski definition) is 1. The maximum absolute atomic E-state index is 5.67. The third-order valence-electron chi connectivity index (χ3n) is 1.60. The second-order valence-electron chi connectivity index (χ2n) is 2.19. The van der Waals surface area contributed by atoms with Crippen molar-refractivity contribution in [1.29, 1.82) is 0 Å². The van der Waals surface area contributed by atoms with E-state index in [1.54, 1.807) is 0 Å². The molecule has 2 nitrogen and oxygen atoms in total. The summed E-state index contributed by atoms with van der Waals surface area (Å²) < 4.78 is 2.03. The van der Waals surface area contributed by atoms with Gasteiger partial charge in [-0.25, -0.2) is 0 Å². The molecule has 0 saturated carbocycles. The molecule has 0 radical (unpaired) electrons. The van der Waals surface area contributed by atoms with Gasteiger partial charge in [-0.05, 0) is 24.3 Å². The molecule has 0 fully saturated rings. The summed E-state index contributed by atoms with van der Waals surface area (Å²) in [7, 11) is 0. The zero-order valence-corrected chi connectivity index (χ0v) is 4.99. The maximum Gasteiger partial charge on any atom is 0.101 e. The standard InChI is InChI=1S/C7H8N2/c8-7-4-3-6-2-1-5-9(6)7/h1-5,7H,8H2. The summed E-state index contributed by atoms with van der Waals surface area (Å²) in [6, 6.07) is 4.04. The molecule has 1 atom stereocenters. The first kappa shape index (κ1) is 4.82. The minimum Gasteiger partial charge on any atom is -0.329 e. The highest BCUT2D eigenvalue weighted by molar-refractivity contribution is 5.50. The highest BCUT2D eigenvalue weighted by Gasteiger charge is 2.08. The SMILES string of the molecule is NC1C=Cc2cccn21. The van der Waals surface area contributed by atoms with Crippen molar-refractivity contribution < 1.29 is 0 Å². The van der Waals surface area contributed by atoms with Gasteiger partial charge in [0.2, 0.25) is 0 Å². The number of fused-ring (bicyclic) bond motifs is 1. The van der Waals surface area contributed by atoms with Crippen molar-refractivity contribution in [3.8, 4) is 0 Å². The van der Waals surface area contributed by atoms with Crippen LogP contribution in [-0.4, -0.2) is 4.57 Å². The zero-order chi connectivity index (χ0) is 6.27. The fourth-order valence-corrected chi connectivity index (χ4v) is 1.11. The smallest absolute Gasteiger partial charge is 0.101 e. The molecule has 2 N–H and O–H groups in total. The normalized spacial score (nSPS) is 22.6. The van der Waals surface area contributed by atoms with E-state index in [4.69, 9.17) is 5.73 Å². The van der Waals surface area contributed by atoms with Crippen molar-refractivity contribution in [3.63, 3.8) is 0 Å². The van der Waals surface area contributed by atoms with Crippen LogP contribution in [0.2, 0.25) is 0 Å². The van der Waals surface area contributed by atoms with Crippen LogP contribution in [0.3, 0.4) is 0 Å². The Morgan fingerprint density at radius 2 is 2.44 bits per heavy atom. The molecular weight excluding hydrogens is 112 g/mol. The van der Waals surface area contributed by atoms with E-state index in [2.05, 4.69) is 0 Å². The first-order valence-electron chi connectivity index (χ1n) is 2.98. The van der Waals surface area contributed by atoms with Crippen LogP contribution in [0.5, 0.6) is 0 Å². The van der Waals surface area contributed by atoms with Gasteiger partial charge >= 0.3 is 0 Å². The lowest BCUT2D eigenvalue weighted by atomic mass is 10.4. The van der Waals surface area contributed by atoms with Crippen LogP contribution < -0.4 is 5.73 Å². The predicted molar refractivity (Wildman–Crippen MR) is 36.7 cm³/mol. The summed E-state index contributed by atoms with van der Waals surface area (Å²) in [6.07, 6.45) is 6.06. The summed E-state index contributed by atoms with van der Waals surface area (Å²) in [6.45, 7) is 0. The molecule has 0 amide bonds. The molecule has 2 rings (SSSR count). The lowest BCUT2D eigenvalue weighted by Gasteiger charge is -2.03. The summed E-state index contributed by atoms with van der Waals surface area (Å²) in [5.41, 5.74) is 6.86. The Morgan fingerprint density at radius 3 is 3.22 bits per heavy atom. The lowest BCUT2D eigenvalue weighted by Crippen LogP contribution is -2.11. The van der Waals surface area contributed by atoms with Crippen LogP contribution in [0, 0.1) is 0 Å². The van der Waals surface area contributed by atoms with Crippen LogP contribution >= 0.6 is 0 Å². The van der Waals surface area contributed by atoms with Crippen LogP contribution in [0.1, 0.15) is 11.9 Å². The average molecular weight is 120 g/mol. The molecule has 2 heteroatoms. The Bertz CT molecular complexity index is 247.